The van der Waals surface area contributed by atoms with Gasteiger partial charge in [0.25, 0.3) is 0 Å². The van der Waals surface area contributed by atoms with Crippen molar-refractivity contribution in [1.82, 2.24) is 10.6 Å². The summed E-state index contributed by atoms with van der Waals surface area (Å²) in [4.78, 5) is 24.5. The second-order valence-corrected chi connectivity index (χ2v) is 5.93. The molecular formula is C17H25N3O4. The Balaban J connectivity index is 1.67. The fraction of sp³-hybridized carbons (Fsp3) is 0.529. The number of aliphatic carboxylic acids is 1. The summed E-state index contributed by atoms with van der Waals surface area (Å²) in [5, 5.41) is 16.4. The smallest absolute Gasteiger partial charge is 0.315 e. The minimum absolute atomic E-state index is 0.203. The maximum Gasteiger partial charge on any atom is 0.315 e. The van der Waals surface area contributed by atoms with Crippen LogP contribution in [0, 0.1) is 0 Å². The molecule has 0 radical (unpaired) electrons. The van der Waals surface area contributed by atoms with Gasteiger partial charge in [0.15, 0.2) is 0 Å². The van der Waals surface area contributed by atoms with Crippen molar-refractivity contribution in [1.29, 1.82) is 0 Å². The highest BCUT2D eigenvalue weighted by Gasteiger charge is 2.15. The van der Waals surface area contributed by atoms with E-state index in [4.69, 9.17) is 4.74 Å². The zero-order valence-corrected chi connectivity index (χ0v) is 13.8. The molecule has 1 aliphatic heterocycles. The van der Waals surface area contributed by atoms with Crippen molar-refractivity contribution in [2.24, 2.45) is 0 Å². The average Bonchev–Trinajstić information content (AvgIpc) is 2.60. The van der Waals surface area contributed by atoms with Crippen molar-refractivity contribution in [3.8, 4) is 0 Å². The highest BCUT2D eigenvalue weighted by Crippen LogP contribution is 2.02. The Kier molecular flexibility index (Phi) is 7.51. The van der Waals surface area contributed by atoms with Gasteiger partial charge in [-0.2, -0.15) is 0 Å². The first kappa shape index (κ1) is 18.2. The lowest BCUT2D eigenvalue weighted by atomic mass is 10.1. The molecule has 7 heteroatoms. The van der Waals surface area contributed by atoms with Crippen LogP contribution in [0.15, 0.2) is 30.3 Å². The third-order valence-electron chi connectivity index (χ3n) is 4.07. The van der Waals surface area contributed by atoms with E-state index in [2.05, 4.69) is 10.6 Å². The van der Waals surface area contributed by atoms with E-state index in [0.29, 0.717) is 6.54 Å². The number of amides is 2. The van der Waals surface area contributed by atoms with E-state index < -0.39 is 18.0 Å². The second kappa shape index (κ2) is 9.89. The molecule has 1 fully saturated rings. The largest absolute Gasteiger partial charge is 0.548 e. The quantitative estimate of drug-likeness (QED) is 0.477. The Morgan fingerprint density at radius 2 is 1.92 bits per heavy atom. The Morgan fingerprint density at radius 3 is 2.58 bits per heavy atom. The van der Waals surface area contributed by atoms with E-state index in [1.54, 1.807) is 0 Å². The standard InChI is InChI=1S/C17H25N3O4/c21-16(22)15(13-14-5-2-1-3-6-14)19-17(23)18-7-4-8-20-9-11-24-12-10-20/h1-3,5-6,15H,4,7-13H2,(H,21,22)(H2,18,19,23)/t15-/m0/s1. The van der Waals surface area contributed by atoms with Gasteiger partial charge in [0.05, 0.1) is 31.8 Å². The van der Waals surface area contributed by atoms with Crippen LogP contribution in [0.3, 0.4) is 0 Å². The third kappa shape index (κ3) is 6.55. The highest BCUT2D eigenvalue weighted by molar-refractivity contribution is 5.81. The van der Waals surface area contributed by atoms with Crippen molar-refractivity contribution in [3.05, 3.63) is 35.9 Å². The van der Waals surface area contributed by atoms with Gasteiger partial charge in [0.1, 0.15) is 13.1 Å². The molecule has 0 aromatic heterocycles. The summed E-state index contributed by atoms with van der Waals surface area (Å²) < 4.78 is 5.30. The Hall–Kier alpha value is -2.12. The van der Waals surface area contributed by atoms with Gasteiger partial charge in [0, 0.05) is 13.0 Å². The van der Waals surface area contributed by atoms with Crippen LogP contribution in [0.4, 0.5) is 4.79 Å². The van der Waals surface area contributed by atoms with Crippen molar-refractivity contribution >= 4 is 12.0 Å². The molecule has 1 aromatic rings. The summed E-state index contributed by atoms with van der Waals surface area (Å²) in [6, 6.07) is 7.63. The van der Waals surface area contributed by atoms with Gasteiger partial charge in [-0.3, -0.25) is 0 Å². The molecule has 1 saturated heterocycles. The van der Waals surface area contributed by atoms with Crippen molar-refractivity contribution < 1.29 is 24.3 Å². The molecule has 2 amide bonds. The number of hydrogen-bond acceptors (Lipinski definition) is 4. The number of quaternary nitrogens is 1. The molecule has 132 valence electrons. The van der Waals surface area contributed by atoms with Crippen LogP contribution in [0.2, 0.25) is 0 Å². The van der Waals surface area contributed by atoms with Gasteiger partial charge in [-0.05, 0) is 12.0 Å². The number of morpholine rings is 1. The maximum absolute atomic E-state index is 11.9. The monoisotopic (exact) mass is 335 g/mol. The molecular weight excluding hydrogens is 310 g/mol. The lowest BCUT2D eigenvalue weighted by Crippen LogP contribution is -3.14. The molecule has 0 bridgehead atoms. The number of nitrogens with one attached hydrogen (secondary N) is 3. The Labute approximate surface area is 142 Å². The van der Waals surface area contributed by atoms with E-state index in [1.807, 2.05) is 30.3 Å². The van der Waals surface area contributed by atoms with E-state index in [0.717, 1.165) is 44.8 Å². The SMILES string of the molecule is O=C(NCCC[NH+]1CCOCC1)N[C@@H](Cc1ccccc1)C(=O)[O-]. The number of carboxylic acid groups (broad SMARTS) is 1. The number of hydrogen-bond donors (Lipinski definition) is 3. The Morgan fingerprint density at radius 1 is 1.21 bits per heavy atom. The van der Waals surface area contributed by atoms with Gasteiger partial charge < -0.3 is 30.2 Å². The summed E-state index contributed by atoms with van der Waals surface area (Å²) >= 11 is 0. The third-order valence-corrected chi connectivity index (χ3v) is 4.07. The Bertz CT molecular complexity index is 518. The van der Waals surface area contributed by atoms with Crippen molar-refractivity contribution in [2.75, 3.05) is 39.4 Å². The summed E-state index contributed by atoms with van der Waals surface area (Å²) in [5.74, 6) is -1.29. The number of rotatable bonds is 8. The molecule has 0 saturated carbocycles. The molecule has 0 spiro atoms. The van der Waals surface area contributed by atoms with Crippen LogP contribution in [-0.2, 0) is 16.0 Å². The predicted octanol–water partition coefficient (Wildman–Crippen LogP) is -2.05. The number of ether oxygens (including phenoxy) is 1. The van der Waals surface area contributed by atoms with E-state index in [9.17, 15) is 14.7 Å². The summed E-state index contributed by atoms with van der Waals surface area (Å²) in [6.45, 7) is 5.05. The summed E-state index contributed by atoms with van der Waals surface area (Å²) in [7, 11) is 0. The summed E-state index contributed by atoms with van der Waals surface area (Å²) in [5.41, 5.74) is 0.836. The number of benzene rings is 1. The first-order valence-corrected chi connectivity index (χ1v) is 8.35. The molecule has 3 N–H and O–H groups in total. The molecule has 1 aromatic carbocycles. The lowest BCUT2D eigenvalue weighted by molar-refractivity contribution is -0.908. The van der Waals surface area contributed by atoms with E-state index in [1.165, 1.54) is 4.90 Å². The van der Waals surface area contributed by atoms with E-state index in [-0.39, 0.29) is 6.42 Å². The van der Waals surface area contributed by atoms with Crippen LogP contribution in [0.1, 0.15) is 12.0 Å². The summed E-state index contributed by atoms with van der Waals surface area (Å²) in [6.07, 6.45) is 1.05. The number of urea groups is 1. The first-order valence-electron chi connectivity index (χ1n) is 8.35. The van der Waals surface area contributed by atoms with Gasteiger partial charge in [-0.25, -0.2) is 4.79 Å². The topological polar surface area (TPSA) is 94.9 Å². The van der Waals surface area contributed by atoms with Crippen LogP contribution >= 0.6 is 0 Å². The molecule has 1 atom stereocenters. The van der Waals surface area contributed by atoms with Crippen LogP contribution in [-0.4, -0.2) is 57.4 Å². The number of carbonyl (C=O) groups is 2. The molecule has 1 aliphatic rings. The fourth-order valence-corrected chi connectivity index (χ4v) is 2.70. The fourth-order valence-electron chi connectivity index (χ4n) is 2.70. The molecule has 2 rings (SSSR count). The van der Waals surface area contributed by atoms with Gasteiger partial charge in [0.2, 0.25) is 0 Å². The molecule has 0 aliphatic carbocycles. The minimum Gasteiger partial charge on any atom is -0.548 e. The molecule has 24 heavy (non-hydrogen) atoms. The van der Waals surface area contributed by atoms with Crippen LogP contribution < -0.4 is 20.6 Å². The normalized spacial score (nSPS) is 16.3. The number of carboxylic acids is 1. The lowest BCUT2D eigenvalue weighted by Gasteiger charge is -2.24. The van der Waals surface area contributed by atoms with Crippen LogP contribution in [0.25, 0.3) is 0 Å². The molecule has 1 heterocycles. The molecule has 7 nitrogen and oxygen atoms in total. The van der Waals surface area contributed by atoms with E-state index >= 15 is 0 Å². The zero-order chi connectivity index (χ0) is 17.2. The van der Waals surface area contributed by atoms with Crippen molar-refractivity contribution in [2.45, 2.75) is 18.9 Å². The highest BCUT2D eigenvalue weighted by atomic mass is 16.5. The van der Waals surface area contributed by atoms with Gasteiger partial charge in [-0.1, -0.05) is 30.3 Å². The maximum atomic E-state index is 11.9. The van der Waals surface area contributed by atoms with Crippen molar-refractivity contribution in [3.63, 3.8) is 0 Å². The predicted molar refractivity (Wildman–Crippen MR) is 86.5 cm³/mol. The minimum atomic E-state index is -1.29. The average molecular weight is 335 g/mol. The first-order chi connectivity index (χ1) is 11.6. The van der Waals surface area contributed by atoms with Gasteiger partial charge >= 0.3 is 6.03 Å². The molecule has 0 unspecified atom stereocenters. The number of carbonyl (C=O) groups excluding carboxylic acids is 2. The zero-order valence-electron chi connectivity index (χ0n) is 13.8. The second-order valence-electron chi connectivity index (χ2n) is 5.93. The van der Waals surface area contributed by atoms with Crippen LogP contribution in [0.5, 0.6) is 0 Å². The van der Waals surface area contributed by atoms with Gasteiger partial charge in [-0.15, -0.1) is 0 Å².